The number of hydrogen-bond acceptors (Lipinski definition) is 5. The Morgan fingerprint density at radius 1 is 0.906 bits per heavy atom. The lowest BCUT2D eigenvalue weighted by atomic mass is 10.1. The minimum atomic E-state index is -2.32. The van der Waals surface area contributed by atoms with Gasteiger partial charge in [-0.25, -0.2) is 13.5 Å². The molecule has 4 rings (SSSR count). The molecule has 0 radical (unpaired) electrons. The second-order valence-corrected chi connectivity index (χ2v) is 9.04. The molecule has 6 nitrogen and oxygen atoms in total. The van der Waals surface area contributed by atoms with Crippen molar-refractivity contribution in [1.82, 2.24) is 19.6 Å². The molecule has 2 aliphatic heterocycles. The van der Waals surface area contributed by atoms with E-state index in [4.69, 9.17) is 9.84 Å². The van der Waals surface area contributed by atoms with Gasteiger partial charge in [0.1, 0.15) is 0 Å². The third-order valence-corrected chi connectivity index (χ3v) is 6.42. The summed E-state index contributed by atoms with van der Waals surface area (Å²) < 4.78 is 32.7. The number of ether oxygens (including phenoxy) is 1. The Kier molecular flexibility index (Phi) is 7.75. The van der Waals surface area contributed by atoms with Crippen molar-refractivity contribution in [3.05, 3.63) is 41.6 Å². The largest absolute Gasteiger partial charge is 0.379 e. The standard InChI is InChI=1S/C24H35F2N5O/c1-19(2)22-18-24(27-31(22)21-5-3-20(4-6-21)17-23(25)26)30-11-9-28(10-12-30)7-8-29-13-15-32-16-14-29/h3-6,18-19,23H,7-17H2,1-2H3. The molecule has 176 valence electrons. The van der Waals surface area contributed by atoms with Gasteiger partial charge in [0.05, 0.1) is 18.9 Å². The molecular weight excluding hydrogens is 412 g/mol. The number of alkyl halides is 2. The number of morpholine rings is 1. The summed E-state index contributed by atoms with van der Waals surface area (Å²) in [6, 6.07) is 9.52. The van der Waals surface area contributed by atoms with Crippen molar-refractivity contribution in [3.8, 4) is 5.69 Å². The molecule has 2 aliphatic rings. The van der Waals surface area contributed by atoms with Crippen LogP contribution in [0.5, 0.6) is 0 Å². The van der Waals surface area contributed by atoms with Crippen molar-refractivity contribution in [3.63, 3.8) is 0 Å². The van der Waals surface area contributed by atoms with Gasteiger partial charge in [-0.15, -0.1) is 0 Å². The Bertz CT molecular complexity index is 841. The van der Waals surface area contributed by atoms with E-state index in [1.807, 2.05) is 16.8 Å². The molecule has 2 saturated heterocycles. The number of anilines is 1. The van der Waals surface area contributed by atoms with Crippen LogP contribution >= 0.6 is 0 Å². The van der Waals surface area contributed by atoms with Crippen molar-refractivity contribution in [2.24, 2.45) is 0 Å². The molecule has 0 saturated carbocycles. The molecule has 0 N–H and O–H groups in total. The topological polar surface area (TPSA) is 36.8 Å². The van der Waals surface area contributed by atoms with Crippen LogP contribution < -0.4 is 4.90 Å². The van der Waals surface area contributed by atoms with E-state index in [2.05, 4.69) is 34.6 Å². The Morgan fingerprint density at radius 2 is 1.53 bits per heavy atom. The molecule has 0 unspecified atom stereocenters. The molecule has 0 spiro atoms. The van der Waals surface area contributed by atoms with Crippen LogP contribution in [-0.4, -0.2) is 91.6 Å². The van der Waals surface area contributed by atoms with Gasteiger partial charge < -0.3 is 9.64 Å². The van der Waals surface area contributed by atoms with Gasteiger partial charge in [-0.05, 0) is 23.6 Å². The molecule has 0 aliphatic carbocycles. The van der Waals surface area contributed by atoms with Gasteiger partial charge in [-0.1, -0.05) is 26.0 Å². The lowest BCUT2D eigenvalue weighted by Crippen LogP contribution is -2.49. The lowest BCUT2D eigenvalue weighted by Gasteiger charge is -2.36. The zero-order chi connectivity index (χ0) is 22.5. The minimum Gasteiger partial charge on any atom is -0.379 e. The van der Waals surface area contributed by atoms with E-state index in [-0.39, 0.29) is 6.42 Å². The van der Waals surface area contributed by atoms with Crippen LogP contribution in [0.4, 0.5) is 14.6 Å². The highest BCUT2D eigenvalue weighted by Crippen LogP contribution is 2.26. The number of hydrogen-bond donors (Lipinski definition) is 0. The van der Waals surface area contributed by atoms with Crippen LogP contribution in [0, 0.1) is 0 Å². The van der Waals surface area contributed by atoms with Gasteiger partial charge in [0.15, 0.2) is 5.82 Å². The summed E-state index contributed by atoms with van der Waals surface area (Å²) in [5.41, 5.74) is 2.70. The maximum Gasteiger partial charge on any atom is 0.242 e. The fourth-order valence-corrected chi connectivity index (χ4v) is 4.41. The van der Waals surface area contributed by atoms with Crippen LogP contribution in [-0.2, 0) is 11.2 Å². The number of piperazine rings is 1. The fraction of sp³-hybridized carbons (Fsp3) is 0.625. The normalized spacial score (nSPS) is 18.8. The molecule has 2 aromatic rings. The molecule has 3 heterocycles. The van der Waals surface area contributed by atoms with E-state index in [1.54, 1.807) is 12.1 Å². The van der Waals surface area contributed by atoms with E-state index >= 15 is 0 Å². The second kappa shape index (κ2) is 10.7. The number of halogens is 2. The highest BCUT2D eigenvalue weighted by molar-refractivity contribution is 5.46. The van der Waals surface area contributed by atoms with E-state index in [0.29, 0.717) is 11.5 Å². The average molecular weight is 448 g/mol. The highest BCUT2D eigenvalue weighted by atomic mass is 19.3. The first-order valence-corrected chi connectivity index (χ1v) is 11.7. The monoisotopic (exact) mass is 447 g/mol. The molecular formula is C24H35F2N5O. The summed E-state index contributed by atoms with van der Waals surface area (Å²) in [4.78, 5) is 7.38. The quantitative estimate of drug-likeness (QED) is 0.621. The first-order chi connectivity index (χ1) is 15.5. The summed E-state index contributed by atoms with van der Waals surface area (Å²) in [6.07, 6.45) is -2.53. The van der Waals surface area contributed by atoms with E-state index in [0.717, 1.165) is 82.8 Å². The highest BCUT2D eigenvalue weighted by Gasteiger charge is 2.22. The third-order valence-electron chi connectivity index (χ3n) is 6.42. The van der Waals surface area contributed by atoms with Crippen LogP contribution in [0.2, 0.25) is 0 Å². The van der Waals surface area contributed by atoms with Crippen molar-refractivity contribution in [2.75, 3.05) is 70.5 Å². The summed E-state index contributed by atoms with van der Waals surface area (Å²) in [6.45, 7) is 14.3. The Balaban J connectivity index is 1.38. The molecule has 0 amide bonds. The van der Waals surface area contributed by atoms with Gasteiger partial charge >= 0.3 is 0 Å². The lowest BCUT2D eigenvalue weighted by molar-refractivity contribution is 0.0331. The first-order valence-electron chi connectivity index (χ1n) is 11.7. The minimum absolute atomic E-state index is 0.211. The van der Waals surface area contributed by atoms with Crippen molar-refractivity contribution in [2.45, 2.75) is 32.6 Å². The van der Waals surface area contributed by atoms with Gasteiger partial charge in [0.25, 0.3) is 0 Å². The van der Waals surface area contributed by atoms with Crippen LogP contribution in [0.15, 0.2) is 30.3 Å². The summed E-state index contributed by atoms with van der Waals surface area (Å²) in [5.74, 6) is 1.31. The number of nitrogens with zero attached hydrogens (tertiary/aromatic N) is 5. The van der Waals surface area contributed by atoms with Gasteiger partial charge in [0.2, 0.25) is 6.43 Å². The van der Waals surface area contributed by atoms with Crippen LogP contribution in [0.3, 0.4) is 0 Å². The van der Waals surface area contributed by atoms with Gasteiger partial charge in [0, 0.05) is 70.5 Å². The maximum atomic E-state index is 12.7. The maximum absolute atomic E-state index is 12.7. The number of aromatic nitrogens is 2. The molecule has 0 atom stereocenters. The molecule has 32 heavy (non-hydrogen) atoms. The summed E-state index contributed by atoms with van der Waals surface area (Å²) in [5, 5.41) is 4.91. The zero-order valence-electron chi connectivity index (χ0n) is 19.2. The Morgan fingerprint density at radius 3 is 2.12 bits per heavy atom. The third kappa shape index (κ3) is 5.85. The first kappa shape index (κ1) is 23.1. The second-order valence-electron chi connectivity index (χ2n) is 9.04. The molecule has 1 aromatic heterocycles. The molecule has 1 aromatic carbocycles. The van der Waals surface area contributed by atoms with E-state index < -0.39 is 6.43 Å². The Hall–Kier alpha value is -2.03. The predicted molar refractivity (Wildman–Crippen MR) is 123 cm³/mol. The average Bonchev–Trinajstić information content (AvgIpc) is 3.25. The van der Waals surface area contributed by atoms with E-state index in [1.165, 1.54) is 0 Å². The predicted octanol–water partition coefficient (Wildman–Crippen LogP) is 3.26. The number of benzene rings is 1. The van der Waals surface area contributed by atoms with E-state index in [9.17, 15) is 8.78 Å². The van der Waals surface area contributed by atoms with Crippen molar-refractivity contribution < 1.29 is 13.5 Å². The van der Waals surface area contributed by atoms with Crippen LogP contribution in [0.1, 0.15) is 31.0 Å². The molecule has 2 fully saturated rings. The Labute approximate surface area is 189 Å². The summed E-state index contributed by atoms with van der Waals surface area (Å²) in [7, 11) is 0. The molecule has 8 heteroatoms. The van der Waals surface area contributed by atoms with Gasteiger partial charge in [-0.2, -0.15) is 5.10 Å². The van der Waals surface area contributed by atoms with Gasteiger partial charge in [-0.3, -0.25) is 9.80 Å². The molecule has 0 bridgehead atoms. The zero-order valence-corrected chi connectivity index (χ0v) is 19.2. The van der Waals surface area contributed by atoms with Crippen LogP contribution in [0.25, 0.3) is 5.69 Å². The summed E-state index contributed by atoms with van der Waals surface area (Å²) >= 11 is 0. The van der Waals surface area contributed by atoms with Crippen molar-refractivity contribution in [1.29, 1.82) is 0 Å². The smallest absolute Gasteiger partial charge is 0.242 e. The SMILES string of the molecule is CC(C)c1cc(N2CCN(CCN3CCOCC3)CC2)nn1-c1ccc(CC(F)F)cc1. The van der Waals surface area contributed by atoms with Crippen molar-refractivity contribution >= 4 is 5.82 Å². The number of rotatable bonds is 8. The fourth-order valence-electron chi connectivity index (χ4n) is 4.41.